The Morgan fingerprint density at radius 1 is 1.09 bits per heavy atom. The lowest BCUT2D eigenvalue weighted by Gasteiger charge is -2.09. The van der Waals surface area contributed by atoms with Gasteiger partial charge in [-0.25, -0.2) is 0 Å². The van der Waals surface area contributed by atoms with Crippen LogP contribution in [-0.4, -0.2) is 25.7 Å². The molecule has 0 unspecified atom stereocenters. The SMILES string of the molecule is CCOc1cccc(OCCNC(=O)c2ccc(Br)cc2)c1. The van der Waals surface area contributed by atoms with Gasteiger partial charge in [-0.05, 0) is 43.3 Å². The van der Waals surface area contributed by atoms with E-state index in [-0.39, 0.29) is 5.91 Å². The first kappa shape index (κ1) is 16.4. The van der Waals surface area contributed by atoms with Crippen molar-refractivity contribution in [3.8, 4) is 11.5 Å². The van der Waals surface area contributed by atoms with E-state index < -0.39 is 0 Å². The first-order valence-electron chi connectivity index (χ1n) is 7.08. The molecule has 1 amide bonds. The van der Waals surface area contributed by atoms with Gasteiger partial charge in [-0.15, -0.1) is 0 Å². The van der Waals surface area contributed by atoms with Crippen LogP contribution in [0.4, 0.5) is 0 Å². The molecule has 5 heteroatoms. The second-order valence-electron chi connectivity index (χ2n) is 4.52. The maximum absolute atomic E-state index is 11.9. The van der Waals surface area contributed by atoms with E-state index in [1.807, 2.05) is 43.3 Å². The highest BCUT2D eigenvalue weighted by Gasteiger charge is 2.04. The Balaban J connectivity index is 1.76. The lowest BCUT2D eigenvalue weighted by Crippen LogP contribution is -2.28. The number of nitrogens with one attached hydrogen (secondary N) is 1. The first-order valence-corrected chi connectivity index (χ1v) is 7.88. The molecule has 0 heterocycles. The van der Waals surface area contributed by atoms with Crippen molar-refractivity contribution in [1.82, 2.24) is 5.32 Å². The van der Waals surface area contributed by atoms with Crippen LogP contribution in [0.5, 0.6) is 11.5 Å². The van der Waals surface area contributed by atoms with Crippen LogP contribution >= 0.6 is 15.9 Å². The second-order valence-corrected chi connectivity index (χ2v) is 5.43. The molecule has 2 aromatic carbocycles. The van der Waals surface area contributed by atoms with Crippen LogP contribution in [0.15, 0.2) is 53.0 Å². The van der Waals surface area contributed by atoms with Gasteiger partial charge in [0.05, 0.1) is 13.2 Å². The minimum atomic E-state index is -0.112. The maximum atomic E-state index is 11.9. The topological polar surface area (TPSA) is 47.6 Å². The number of hydrogen-bond acceptors (Lipinski definition) is 3. The summed E-state index contributed by atoms with van der Waals surface area (Å²) in [5, 5.41) is 2.82. The molecule has 0 atom stereocenters. The Hall–Kier alpha value is -2.01. The van der Waals surface area contributed by atoms with Crippen LogP contribution in [0, 0.1) is 0 Å². The van der Waals surface area contributed by atoms with Crippen LogP contribution in [-0.2, 0) is 0 Å². The van der Waals surface area contributed by atoms with Crippen molar-refractivity contribution in [1.29, 1.82) is 0 Å². The van der Waals surface area contributed by atoms with Crippen molar-refractivity contribution in [3.63, 3.8) is 0 Å². The van der Waals surface area contributed by atoms with Crippen LogP contribution in [0.1, 0.15) is 17.3 Å². The number of carbonyl (C=O) groups excluding carboxylic acids is 1. The summed E-state index contributed by atoms with van der Waals surface area (Å²) in [4.78, 5) is 11.9. The van der Waals surface area contributed by atoms with Crippen LogP contribution in [0.3, 0.4) is 0 Å². The Kier molecular flexibility index (Phi) is 6.27. The molecule has 4 nitrogen and oxygen atoms in total. The van der Waals surface area contributed by atoms with Gasteiger partial charge in [0.1, 0.15) is 18.1 Å². The number of carbonyl (C=O) groups is 1. The van der Waals surface area contributed by atoms with Crippen molar-refractivity contribution < 1.29 is 14.3 Å². The minimum Gasteiger partial charge on any atom is -0.494 e. The fourth-order valence-electron chi connectivity index (χ4n) is 1.86. The highest BCUT2D eigenvalue weighted by Crippen LogP contribution is 2.19. The van der Waals surface area contributed by atoms with Gasteiger partial charge in [0, 0.05) is 16.1 Å². The van der Waals surface area contributed by atoms with Crippen molar-refractivity contribution >= 4 is 21.8 Å². The molecule has 0 radical (unpaired) electrons. The standard InChI is InChI=1S/C17H18BrNO3/c1-2-21-15-4-3-5-16(12-15)22-11-10-19-17(20)13-6-8-14(18)9-7-13/h3-9,12H,2,10-11H2,1H3,(H,19,20). The molecular weight excluding hydrogens is 346 g/mol. The lowest BCUT2D eigenvalue weighted by atomic mass is 10.2. The molecule has 0 aliphatic rings. The zero-order valence-electron chi connectivity index (χ0n) is 12.3. The predicted molar refractivity (Wildman–Crippen MR) is 89.6 cm³/mol. The third-order valence-corrected chi connectivity index (χ3v) is 3.41. The Morgan fingerprint density at radius 3 is 2.45 bits per heavy atom. The van der Waals surface area contributed by atoms with E-state index in [2.05, 4.69) is 21.2 Å². The molecule has 0 saturated heterocycles. The van der Waals surface area contributed by atoms with Gasteiger partial charge in [0.15, 0.2) is 0 Å². The summed E-state index contributed by atoms with van der Waals surface area (Å²) >= 11 is 3.34. The van der Waals surface area contributed by atoms with E-state index >= 15 is 0 Å². The Labute approximate surface area is 138 Å². The highest BCUT2D eigenvalue weighted by molar-refractivity contribution is 9.10. The van der Waals surface area contributed by atoms with Gasteiger partial charge in [-0.3, -0.25) is 4.79 Å². The summed E-state index contributed by atoms with van der Waals surface area (Å²) in [5.41, 5.74) is 0.626. The highest BCUT2D eigenvalue weighted by atomic mass is 79.9. The van der Waals surface area contributed by atoms with Gasteiger partial charge in [-0.1, -0.05) is 22.0 Å². The summed E-state index contributed by atoms with van der Waals surface area (Å²) in [6.45, 7) is 3.39. The molecule has 2 rings (SSSR count). The fourth-order valence-corrected chi connectivity index (χ4v) is 2.12. The molecule has 116 valence electrons. The van der Waals surface area contributed by atoms with Crippen molar-refractivity contribution in [2.24, 2.45) is 0 Å². The summed E-state index contributed by atoms with van der Waals surface area (Å²) in [7, 11) is 0. The lowest BCUT2D eigenvalue weighted by molar-refractivity contribution is 0.0947. The Bertz CT molecular complexity index is 614. The summed E-state index contributed by atoms with van der Waals surface area (Å²) in [6, 6.07) is 14.7. The molecule has 0 spiro atoms. The van der Waals surface area contributed by atoms with Gasteiger partial charge in [-0.2, -0.15) is 0 Å². The second kappa shape index (κ2) is 8.44. The molecule has 2 aromatic rings. The van der Waals surface area contributed by atoms with E-state index in [9.17, 15) is 4.79 Å². The van der Waals surface area contributed by atoms with Gasteiger partial charge in [0.2, 0.25) is 0 Å². The molecule has 0 aromatic heterocycles. The van der Waals surface area contributed by atoms with Crippen LogP contribution in [0.25, 0.3) is 0 Å². The normalized spacial score (nSPS) is 10.1. The fraction of sp³-hybridized carbons (Fsp3) is 0.235. The number of ether oxygens (including phenoxy) is 2. The number of rotatable bonds is 7. The third kappa shape index (κ3) is 5.07. The molecule has 0 bridgehead atoms. The smallest absolute Gasteiger partial charge is 0.251 e. The zero-order valence-corrected chi connectivity index (χ0v) is 13.9. The van der Waals surface area contributed by atoms with Gasteiger partial charge >= 0.3 is 0 Å². The predicted octanol–water partition coefficient (Wildman–Crippen LogP) is 3.66. The average molecular weight is 364 g/mol. The minimum absolute atomic E-state index is 0.112. The van der Waals surface area contributed by atoms with E-state index in [1.54, 1.807) is 12.1 Å². The largest absolute Gasteiger partial charge is 0.494 e. The molecule has 0 saturated carbocycles. The first-order chi connectivity index (χ1) is 10.7. The summed E-state index contributed by atoms with van der Waals surface area (Å²) < 4.78 is 11.9. The molecule has 0 fully saturated rings. The zero-order chi connectivity index (χ0) is 15.8. The van der Waals surface area contributed by atoms with E-state index in [0.29, 0.717) is 25.3 Å². The molecular formula is C17H18BrNO3. The monoisotopic (exact) mass is 363 g/mol. The van der Waals surface area contributed by atoms with E-state index in [4.69, 9.17) is 9.47 Å². The molecule has 0 aliphatic heterocycles. The van der Waals surface area contributed by atoms with Crippen LogP contribution < -0.4 is 14.8 Å². The van der Waals surface area contributed by atoms with Crippen molar-refractivity contribution in [2.45, 2.75) is 6.92 Å². The number of hydrogen-bond donors (Lipinski definition) is 1. The number of amides is 1. The summed E-state index contributed by atoms with van der Waals surface area (Å²) in [6.07, 6.45) is 0. The molecule has 22 heavy (non-hydrogen) atoms. The number of halogens is 1. The third-order valence-electron chi connectivity index (χ3n) is 2.88. The van der Waals surface area contributed by atoms with Crippen LogP contribution in [0.2, 0.25) is 0 Å². The van der Waals surface area contributed by atoms with E-state index in [1.165, 1.54) is 0 Å². The number of benzene rings is 2. The maximum Gasteiger partial charge on any atom is 0.251 e. The molecule has 1 N–H and O–H groups in total. The quantitative estimate of drug-likeness (QED) is 0.763. The Morgan fingerprint density at radius 2 is 1.77 bits per heavy atom. The van der Waals surface area contributed by atoms with E-state index in [0.717, 1.165) is 16.0 Å². The van der Waals surface area contributed by atoms with Gasteiger partial charge in [0.25, 0.3) is 5.91 Å². The van der Waals surface area contributed by atoms with Gasteiger partial charge < -0.3 is 14.8 Å². The summed E-state index contributed by atoms with van der Waals surface area (Å²) in [5.74, 6) is 1.39. The molecule has 0 aliphatic carbocycles. The van der Waals surface area contributed by atoms with Crippen molar-refractivity contribution in [3.05, 3.63) is 58.6 Å². The average Bonchev–Trinajstić information content (AvgIpc) is 2.53. The van der Waals surface area contributed by atoms with Crippen molar-refractivity contribution in [2.75, 3.05) is 19.8 Å².